The van der Waals surface area contributed by atoms with Crippen LogP contribution in [0.5, 0.6) is 0 Å². The molecule has 0 spiro atoms. The number of hydrogen-bond donors (Lipinski definition) is 2. The molecule has 0 heterocycles. The summed E-state index contributed by atoms with van der Waals surface area (Å²) in [5.74, 6) is 0. The Morgan fingerprint density at radius 3 is 2.82 bits per heavy atom. The van der Waals surface area contributed by atoms with Gasteiger partial charge in [0.05, 0.1) is 11.4 Å². The molecule has 1 saturated carbocycles. The maximum absolute atomic E-state index is 5.97. The van der Waals surface area contributed by atoms with Gasteiger partial charge in [-0.05, 0) is 37.3 Å². The van der Waals surface area contributed by atoms with Gasteiger partial charge in [-0.2, -0.15) is 11.8 Å². The van der Waals surface area contributed by atoms with E-state index >= 15 is 0 Å². The number of nitrogens with two attached hydrogens (primary N) is 1. The zero-order chi connectivity index (χ0) is 12.3. The highest BCUT2D eigenvalue weighted by Crippen LogP contribution is 2.31. The summed E-state index contributed by atoms with van der Waals surface area (Å²) >= 11 is 7.86. The molecule has 2 atom stereocenters. The number of nitrogen functional groups attached to an aromatic ring is 1. The van der Waals surface area contributed by atoms with Crippen molar-refractivity contribution in [3.63, 3.8) is 0 Å². The SMILES string of the molecule is CSC1CCCCC1Nc1ccc(Cl)cc1N. The number of anilines is 2. The molecule has 2 rings (SSSR count). The lowest BCUT2D eigenvalue weighted by Crippen LogP contribution is -2.34. The standard InChI is InChI=1S/C13H19ClN2S/c1-17-13-5-3-2-4-12(13)16-11-7-6-9(14)8-10(11)15/h6-8,12-13,16H,2-5,15H2,1H3. The van der Waals surface area contributed by atoms with Crippen LogP contribution in [-0.4, -0.2) is 17.5 Å². The highest BCUT2D eigenvalue weighted by atomic mass is 35.5. The van der Waals surface area contributed by atoms with Crippen molar-refractivity contribution in [1.82, 2.24) is 0 Å². The molecule has 0 radical (unpaired) electrons. The smallest absolute Gasteiger partial charge is 0.0577 e. The molecule has 1 aromatic carbocycles. The second kappa shape index (κ2) is 5.87. The van der Waals surface area contributed by atoms with E-state index in [0.717, 1.165) is 11.4 Å². The van der Waals surface area contributed by atoms with Crippen LogP contribution in [0, 0.1) is 0 Å². The van der Waals surface area contributed by atoms with Gasteiger partial charge in [0.25, 0.3) is 0 Å². The molecule has 1 aliphatic rings. The molecular weight excluding hydrogens is 252 g/mol. The lowest BCUT2D eigenvalue weighted by Gasteiger charge is -2.32. The first-order valence-electron chi connectivity index (χ1n) is 6.05. The molecule has 4 heteroatoms. The highest BCUT2D eigenvalue weighted by molar-refractivity contribution is 7.99. The maximum atomic E-state index is 5.97. The van der Waals surface area contributed by atoms with Crippen LogP contribution in [0.3, 0.4) is 0 Å². The fourth-order valence-corrected chi connectivity index (χ4v) is 3.52. The van der Waals surface area contributed by atoms with Gasteiger partial charge in [-0.25, -0.2) is 0 Å². The van der Waals surface area contributed by atoms with E-state index in [1.165, 1.54) is 25.7 Å². The largest absolute Gasteiger partial charge is 0.397 e. The van der Waals surface area contributed by atoms with Gasteiger partial charge in [0.2, 0.25) is 0 Å². The summed E-state index contributed by atoms with van der Waals surface area (Å²) in [4.78, 5) is 0. The predicted octanol–water partition coefficient (Wildman–Crippen LogP) is 4.01. The molecule has 1 aliphatic carbocycles. The van der Waals surface area contributed by atoms with Crippen molar-refractivity contribution in [3.8, 4) is 0 Å². The first-order valence-corrected chi connectivity index (χ1v) is 7.71. The molecule has 1 aromatic rings. The first-order chi connectivity index (χ1) is 8.20. The summed E-state index contributed by atoms with van der Waals surface area (Å²) in [7, 11) is 0. The van der Waals surface area contributed by atoms with Crippen LogP contribution < -0.4 is 11.1 Å². The van der Waals surface area contributed by atoms with Crippen molar-refractivity contribution in [2.45, 2.75) is 37.0 Å². The van der Waals surface area contributed by atoms with E-state index in [2.05, 4.69) is 11.6 Å². The number of halogens is 1. The van der Waals surface area contributed by atoms with Crippen molar-refractivity contribution in [1.29, 1.82) is 0 Å². The van der Waals surface area contributed by atoms with Crippen molar-refractivity contribution in [3.05, 3.63) is 23.2 Å². The Morgan fingerprint density at radius 1 is 1.35 bits per heavy atom. The summed E-state index contributed by atoms with van der Waals surface area (Å²) in [6.07, 6.45) is 7.37. The minimum absolute atomic E-state index is 0.530. The lowest BCUT2D eigenvalue weighted by atomic mass is 9.94. The molecule has 0 saturated heterocycles. The van der Waals surface area contributed by atoms with Crippen molar-refractivity contribution in [2.24, 2.45) is 0 Å². The first kappa shape index (κ1) is 12.9. The third kappa shape index (κ3) is 3.23. The van der Waals surface area contributed by atoms with Gasteiger partial charge in [-0.15, -0.1) is 0 Å². The molecule has 0 aliphatic heterocycles. The number of benzene rings is 1. The second-order valence-electron chi connectivity index (χ2n) is 4.54. The van der Waals surface area contributed by atoms with Gasteiger partial charge in [-0.3, -0.25) is 0 Å². The summed E-state index contributed by atoms with van der Waals surface area (Å²) in [5.41, 5.74) is 7.72. The molecule has 2 nitrogen and oxygen atoms in total. The molecule has 1 fully saturated rings. The van der Waals surface area contributed by atoms with E-state index in [-0.39, 0.29) is 0 Å². The van der Waals surface area contributed by atoms with E-state index in [1.807, 2.05) is 23.9 Å². The Hall–Kier alpha value is -0.540. The number of hydrogen-bond acceptors (Lipinski definition) is 3. The monoisotopic (exact) mass is 270 g/mol. The second-order valence-corrected chi connectivity index (χ2v) is 6.05. The lowest BCUT2D eigenvalue weighted by molar-refractivity contribution is 0.475. The zero-order valence-corrected chi connectivity index (χ0v) is 11.7. The van der Waals surface area contributed by atoms with Gasteiger partial charge in [0.1, 0.15) is 0 Å². The topological polar surface area (TPSA) is 38.0 Å². The maximum Gasteiger partial charge on any atom is 0.0577 e. The number of nitrogens with one attached hydrogen (secondary N) is 1. The Labute approximate surface area is 112 Å². The van der Waals surface area contributed by atoms with E-state index in [9.17, 15) is 0 Å². The molecule has 17 heavy (non-hydrogen) atoms. The van der Waals surface area contributed by atoms with Crippen LogP contribution in [0.4, 0.5) is 11.4 Å². The minimum Gasteiger partial charge on any atom is -0.397 e. The van der Waals surface area contributed by atoms with Crippen molar-refractivity contribution < 1.29 is 0 Å². The molecular formula is C13H19ClN2S. The van der Waals surface area contributed by atoms with Crippen LogP contribution in [0.2, 0.25) is 5.02 Å². The van der Waals surface area contributed by atoms with Crippen LogP contribution in [0.1, 0.15) is 25.7 Å². The number of thioether (sulfide) groups is 1. The van der Waals surface area contributed by atoms with Crippen LogP contribution in [0.25, 0.3) is 0 Å². The van der Waals surface area contributed by atoms with Gasteiger partial charge < -0.3 is 11.1 Å². The van der Waals surface area contributed by atoms with Crippen molar-refractivity contribution in [2.75, 3.05) is 17.3 Å². The minimum atomic E-state index is 0.530. The van der Waals surface area contributed by atoms with Gasteiger partial charge in [-0.1, -0.05) is 24.4 Å². The average molecular weight is 271 g/mol. The Morgan fingerprint density at radius 2 is 2.12 bits per heavy atom. The predicted molar refractivity (Wildman–Crippen MR) is 79.0 cm³/mol. The van der Waals surface area contributed by atoms with Crippen molar-refractivity contribution >= 4 is 34.7 Å². The summed E-state index contributed by atoms with van der Waals surface area (Å²) in [6.45, 7) is 0. The molecule has 94 valence electrons. The Bertz CT molecular complexity index is 384. The van der Waals surface area contributed by atoms with Crippen LogP contribution in [-0.2, 0) is 0 Å². The van der Waals surface area contributed by atoms with Crippen LogP contribution in [0.15, 0.2) is 18.2 Å². The van der Waals surface area contributed by atoms with Crippen LogP contribution >= 0.6 is 23.4 Å². The third-order valence-corrected chi connectivity index (χ3v) is 4.76. The molecule has 0 aromatic heterocycles. The average Bonchev–Trinajstić information content (AvgIpc) is 2.33. The fraction of sp³-hybridized carbons (Fsp3) is 0.538. The summed E-state index contributed by atoms with van der Waals surface area (Å²) in [5, 5.41) is 4.96. The van der Waals surface area contributed by atoms with E-state index in [4.69, 9.17) is 17.3 Å². The molecule has 0 amide bonds. The molecule has 0 bridgehead atoms. The Balaban J connectivity index is 2.08. The third-order valence-electron chi connectivity index (χ3n) is 3.36. The summed E-state index contributed by atoms with van der Waals surface area (Å²) < 4.78 is 0. The van der Waals surface area contributed by atoms with Gasteiger partial charge in [0.15, 0.2) is 0 Å². The molecule has 2 unspecified atom stereocenters. The number of rotatable bonds is 3. The van der Waals surface area contributed by atoms with E-state index in [0.29, 0.717) is 16.3 Å². The van der Waals surface area contributed by atoms with E-state index in [1.54, 1.807) is 6.07 Å². The molecule has 3 N–H and O–H groups in total. The Kier molecular flexibility index (Phi) is 4.46. The van der Waals surface area contributed by atoms with Gasteiger partial charge >= 0.3 is 0 Å². The van der Waals surface area contributed by atoms with Gasteiger partial charge in [0, 0.05) is 16.3 Å². The zero-order valence-electron chi connectivity index (χ0n) is 10.1. The fourth-order valence-electron chi connectivity index (χ4n) is 2.41. The normalized spacial score (nSPS) is 24.6. The highest BCUT2D eigenvalue weighted by Gasteiger charge is 2.24. The van der Waals surface area contributed by atoms with E-state index < -0.39 is 0 Å². The summed E-state index contributed by atoms with van der Waals surface area (Å²) in [6, 6.07) is 6.20. The quantitative estimate of drug-likeness (QED) is 0.815.